The Kier molecular flexibility index (Phi) is 3.89. The minimum absolute atomic E-state index is 0.224. The van der Waals surface area contributed by atoms with Gasteiger partial charge in [0, 0.05) is 12.6 Å². The van der Waals surface area contributed by atoms with Crippen molar-refractivity contribution in [2.45, 2.75) is 6.10 Å². The third-order valence-electron chi connectivity index (χ3n) is 2.53. The maximum absolute atomic E-state index is 13.0. The summed E-state index contributed by atoms with van der Waals surface area (Å²) in [5, 5.41) is 0. The van der Waals surface area contributed by atoms with E-state index in [1.54, 1.807) is 24.3 Å². The number of ether oxygens (including phenoxy) is 1. The van der Waals surface area contributed by atoms with E-state index in [9.17, 15) is 8.78 Å². The second-order valence-corrected chi connectivity index (χ2v) is 3.85. The molecule has 0 spiro atoms. The monoisotopic (exact) mass is 249 g/mol. The first-order chi connectivity index (χ1) is 8.69. The third-order valence-corrected chi connectivity index (χ3v) is 2.53. The Balaban J connectivity index is 2.17. The van der Waals surface area contributed by atoms with Gasteiger partial charge in [-0.15, -0.1) is 0 Å². The predicted octanol–water partition coefficient (Wildman–Crippen LogP) is 3.04. The van der Waals surface area contributed by atoms with Crippen molar-refractivity contribution >= 4 is 0 Å². The second kappa shape index (κ2) is 5.60. The van der Waals surface area contributed by atoms with Crippen LogP contribution in [-0.2, 0) is 0 Å². The average molecular weight is 249 g/mol. The van der Waals surface area contributed by atoms with Crippen molar-refractivity contribution in [2.75, 3.05) is 6.54 Å². The molecule has 0 amide bonds. The summed E-state index contributed by atoms with van der Waals surface area (Å²) in [4.78, 5) is 0. The smallest absolute Gasteiger partial charge is 0.136 e. The van der Waals surface area contributed by atoms with Crippen LogP contribution in [0.2, 0.25) is 0 Å². The van der Waals surface area contributed by atoms with Crippen molar-refractivity contribution in [1.82, 2.24) is 0 Å². The quantitative estimate of drug-likeness (QED) is 0.903. The van der Waals surface area contributed by atoms with Crippen LogP contribution in [0.25, 0.3) is 0 Å². The molecule has 2 nitrogen and oxygen atoms in total. The Hall–Kier alpha value is -1.94. The fraction of sp³-hybridized carbons (Fsp3) is 0.143. The van der Waals surface area contributed by atoms with Crippen molar-refractivity contribution in [1.29, 1.82) is 0 Å². The molecule has 0 aliphatic carbocycles. The molecule has 0 saturated carbocycles. The number of hydrogen-bond acceptors (Lipinski definition) is 2. The van der Waals surface area contributed by atoms with E-state index < -0.39 is 6.10 Å². The molecule has 0 heterocycles. The lowest BCUT2D eigenvalue weighted by Crippen LogP contribution is -2.18. The zero-order chi connectivity index (χ0) is 13.0. The molecule has 0 radical (unpaired) electrons. The molecular formula is C14H13F2NO. The van der Waals surface area contributed by atoms with Gasteiger partial charge in [-0.1, -0.05) is 18.2 Å². The van der Waals surface area contributed by atoms with Gasteiger partial charge in [-0.05, 0) is 29.8 Å². The minimum Gasteiger partial charge on any atom is -0.484 e. The summed E-state index contributed by atoms with van der Waals surface area (Å²) in [5.74, 6) is -0.294. The maximum Gasteiger partial charge on any atom is 0.136 e. The van der Waals surface area contributed by atoms with E-state index in [1.807, 2.05) is 0 Å². The Bertz CT molecular complexity index is 513. The lowest BCUT2D eigenvalue weighted by molar-refractivity contribution is 0.213. The number of hydrogen-bond donors (Lipinski definition) is 1. The van der Waals surface area contributed by atoms with E-state index >= 15 is 0 Å². The fourth-order valence-electron chi connectivity index (χ4n) is 1.63. The zero-order valence-corrected chi connectivity index (χ0v) is 9.64. The first-order valence-corrected chi connectivity index (χ1v) is 5.57. The molecule has 2 aromatic rings. The second-order valence-electron chi connectivity index (χ2n) is 3.85. The topological polar surface area (TPSA) is 35.2 Å². The van der Waals surface area contributed by atoms with Gasteiger partial charge in [0.05, 0.1) is 0 Å². The Morgan fingerprint density at radius 3 is 2.33 bits per heavy atom. The van der Waals surface area contributed by atoms with E-state index in [0.29, 0.717) is 5.75 Å². The van der Waals surface area contributed by atoms with Crippen molar-refractivity contribution in [3.05, 3.63) is 65.7 Å². The molecule has 94 valence electrons. The molecule has 0 saturated heterocycles. The van der Waals surface area contributed by atoms with E-state index in [-0.39, 0.29) is 18.2 Å². The molecule has 0 aliphatic rings. The van der Waals surface area contributed by atoms with Crippen molar-refractivity contribution in [3.8, 4) is 5.75 Å². The van der Waals surface area contributed by atoms with Crippen LogP contribution in [-0.4, -0.2) is 6.54 Å². The van der Waals surface area contributed by atoms with E-state index in [2.05, 4.69) is 0 Å². The van der Waals surface area contributed by atoms with Gasteiger partial charge in [-0.25, -0.2) is 8.78 Å². The molecule has 0 aromatic heterocycles. The molecule has 1 atom stereocenters. The maximum atomic E-state index is 13.0. The molecule has 2 N–H and O–H groups in total. The highest BCUT2D eigenvalue weighted by Gasteiger charge is 2.11. The minimum atomic E-state index is -0.424. The van der Waals surface area contributed by atoms with Crippen LogP contribution < -0.4 is 10.5 Å². The predicted molar refractivity (Wildman–Crippen MR) is 65.2 cm³/mol. The standard InChI is InChI=1S/C14H13F2NO/c15-11-6-4-10(5-7-11)14(9-17)18-13-3-1-2-12(16)8-13/h1-8,14H,9,17H2. The molecular weight excluding hydrogens is 236 g/mol. The fourth-order valence-corrected chi connectivity index (χ4v) is 1.63. The van der Waals surface area contributed by atoms with Crippen LogP contribution in [0.1, 0.15) is 11.7 Å². The Labute approximate surface area is 104 Å². The molecule has 2 aromatic carbocycles. The number of benzene rings is 2. The van der Waals surface area contributed by atoms with Crippen LogP contribution in [0.5, 0.6) is 5.75 Å². The first kappa shape index (κ1) is 12.5. The van der Waals surface area contributed by atoms with Crippen LogP contribution in [0.3, 0.4) is 0 Å². The van der Waals surface area contributed by atoms with E-state index in [0.717, 1.165) is 5.56 Å². The summed E-state index contributed by atoms with van der Waals surface area (Å²) in [6.45, 7) is 0.224. The molecule has 2 rings (SSSR count). The zero-order valence-electron chi connectivity index (χ0n) is 9.64. The Morgan fingerprint density at radius 1 is 1.00 bits per heavy atom. The largest absolute Gasteiger partial charge is 0.484 e. The first-order valence-electron chi connectivity index (χ1n) is 5.57. The summed E-state index contributed by atoms with van der Waals surface area (Å²) in [7, 11) is 0. The molecule has 0 fully saturated rings. The molecule has 0 aliphatic heterocycles. The van der Waals surface area contributed by atoms with Gasteiger partial charge in [0.2, 0.25) is 0 Å². The highest BCUT2D eigenvalue weighted by Crippen LogP contribution is 2.22. The highest BCUT2D eigenvalue weighted by atomic mass is 19.1. The van der Waals surface area contributed by atoms with Gasteiger partial charge in [0.15, 0.2) is 0 Å². The summed E-state index contributed by atoms with van der Waals surface area (Å²) >= 11 is 0. The van der Waals surface area contributed by atoms with Crippen LogP contribution >= 0.6 is 0 Å². The normalized spacial score (nSPS) is 12.2. The lowest BCUT2D eigenvalue weighted by atomic mass is 10.1. The molecule has 18 heavy (non-hydrogen) atoms. The third kappa shape index (κ3) is 3.05. The lowest BCUT2D eigenvalue weighted by Gasteiger charge is -2.17. The summed E-state index contributed by atoms with van der Waals surface area (Å²) in [5.41, 5.74) is 6.37. The van der Waals surface area contributed by atoms with Gasteiger partial charge >= 0.3 is 0 Å². The molecule has 0 bridgehead atoms. The summed E-state index contributed by atoms with van der Waals surface area (Å²) in [6, 6.07) is 11.7. The van der Waals surface area contributed by atoms with Gasteiger partial charge < -0.3 is 10.5 Å². The van der Waals surface area contributed by atoms with Crippen molar-refractivity contribution in [3.63, 3.8) is 0 Å². The number of halogens is 2. The Morgan fingerprint density at radius 2 is 1.72 bits per heavy atom. The average Bonchev–Trinajstić information content (AvgIpc) is 2.37. The van der Waals surface area contributed by atoms with E-state index in [4.69, 9.17) is 10.5 Å². The highest BCUT2D eigenvalue weighted by molar-refractivity contribution is 5.25. The summed E-state index contributed by atoms with van der Waals surface area (Å²) < 4.78 is 31.4. The van der Waals surface area contributed by atoms with Crippen molar-refractivity contribution < 1.29 is 13.5 Å². The number of nitrogens with two attached hydrogens (primary N) is 1. The van der Waals surface area contributed by atoms with Crippen LogP contribution in [0.4, 0.5) is 8.78 Å². The van der Waals surface area contributed by atoms with Gasteiger partial charge in [0.1, 0.15) is 23.5 Å². The van der Waals surface area contributed by atoms with Gasteiger partial charge in [0.25, 0.3) is 0 Å². The molecule has 1 unspecified atom stereocenters. The van der Waals surface area contributed by atoms with Gasteiger partial charge in [-0.3, -0.25) is 0 Å². The van der Waals surface area contributed by atoms with Crippen LogP contribution in [0, 0.1) is 11.6 Å². The SMILES string of the molecule is NCC(Oc1cccc(F)c1)c1ccc(F)cc1. The molecule has 4 heteroatoms. The van der Waals surface area contributed by atoms with Crippen molar-refractivity contribution in [2.24, 2.45) is 5.73 Å². The summed E-state index contributed by atoms with van der Waals surface area (Å²) in [6.07, 6.45) is -0.424. The van der Waals surface area contributed by atoms with Gasteiger partial charge in [-0.2, -0.15) is 0 Å². The number of rotatable bonds is 4. The van der Waals surface area contributed by atoms with E-state index in [1.165, 1.54) is 24.3 Å². The van der Waals surface area contributed by atoms with Crippen LogP contribution in [0.15, 0.2) is 48.5 Å².